The Hall–Kier alpha value is -1.42. The van der Waals surface area contributed by atoms with Crippen molar-refractivity contribution in [1.29, 1.82) is 0 Å². The first-order valence-electron chi connectivity index (χ1n) is 7.18. The predicted octanol–water partition coefficient (Wildman–Crippen LogP) is 2.35. The molecule has 0 bridgehead atoms. The van der Waals surface area contributed by atoms with E-state index >= 15 is 0 Å². The molecule has 1 aromatic carbocycles. The first kappa shape index (κ1) is 15.0. The molecule has 0 aromatic heterocycles. The summed E-state index contributed by atoms with van der Waals surface area (Å²) in [6.07, 6.45) is 2.52. The topological polar surface area (TPSA) is 55.1 Å². The zero-order valence-corrected chi connectivity index (χ0v) is 12.2. The van der Waals surface area contributed by atoms with Crippen molar-refractivity contribution in [3.8, 4) is 0 Å². The van der Waals surface area contributed by atoms with Crippen LogP contribution in [-0.2, 0) is 10.2 Å². The monoisotopic (exact) mass is 278 g/mol. The van der Waals surface area contributed by atoms with Gasteiger partial charge in [-0.15, -0.1) is 0 Å². The lowest BCUT2D eigenvalue weighted by Crippen LogP contribution is -2.39. The van der Waals surface area contributed by atoms with Crippen LogP contribution in [-0.4, -0.2) is 18.5 Å². The number of rotatable bonds is 4. The van der Waals surface area contributed by atoms with Gasteiger partial charge in [0.25, 0.3) is 0 Å². The van der Waals surface area contributed by atoms with E-state index in [1.165, 1.54) is 6.07 Å². The van der Waals surface area contributed by atoms with Crippen LogP contribution in [0.1, 0.15) is 38.7 Å². The summed E-state index contributed by atoms with van der Waals surface area (Å²) < 4.78 is 13.8. The Morgan fingerprint density at radius 2 is 2.10 bits per heavy atom. The van der Waals surface area contributed by atoms with E-state index in [0.29, 0.717) is 12.1 Å². The molecule has 1 saturated carbocycles. The Morgan fingerprint density at radius 1 is 1.40 bits per heavy atom. The summed E-state index contributed by atoms with van der Waals surface area (Å²) in [5.41, 5.74) is 6.03. The number of hydrogen-bond donors (Lipinski definition) is 2. The lowest BCUT2D eigenvalue weighted by Gasteiger charge is -2.26. The van der Waals surface area contributed by atoms with Crippen molar-refractivity contribution in [2.24, 2.45) is 11.7 Å². The lowest BCUT2D eigenvalue weighted by atomic mass is 9.84. The van der Waals surface area contributed by atoms with Crippen LogP contribution in [0.4, 0.5) is 4.39 Å². The summed E-state index contributed by atoms with van der Waals surface area (Å²) in [4.78, 5) is 12.1. The van der Waals surface area contributed by atoms with E-state index in [4.69, 9.17) is 5.73 Å². The smallest absolute Gasteiger partial charge is 0.223 e. The highest BCUT2D eigenvalue weighted by Gasteiger charge is 2.30. The van der Waals surface area contributed by atoms with Gasteiger partial charge in [-0.05, 0) is 30.9 Å². The Labute approximate surface area is 119 Å². The average molecular weight is 278 g/mol. The number of halogens is 1. The zero-order chi connectivity index (χ0) is 14.8. The van der Waals surface area contributed by atoms with E-state index in [0.717, 1.165) is 19.3 Å². The molecule has 2 atom stereocenters. The van der Waals surface area contributed by atoms with Gasteiger partial charge in [-0.2, -0.15) is 0 Å². The molecule has 3 nitrogen and oxygen atoms in total. The number of nitrogens with two attached hydrogens (primary N) is 1. The Kier molecular flexibility index (Phi) is 4.43. The third-order valence-electron chi connectivity index (χ3n) is 4.15. The summed E-state index contributed by atoms with van der Waals surface area (Å²) in [7, 11) is 0. The molecular weight excluding hydrogens is 255 g/mol. The molecule has 2 rings (SSSR count). The summed E-state index contributed by atoms with van der Waals surface area (Å²) in [5.74, 6) is -0.168. The first-order valence-corrected chi connectivity index (χ1v) is 7.18. The lowest BCUT2D eigenvalue weighted by molar-refractivity contribution is -0.125. The molecule has 110 valence electrons. The highest BCUT2D eigenvalue weighted by Crippen LogP contribution is 2.27. The van der Waals surface area contributed by atoms with Crippen LogP contribution in [0.25, 0.3) is 0 Å². The van der Waals surface area contributed by atoms with Gasteiger partial charge in [0.1, 0.15) is 5.82 Å². The van der Waals surface area contributed by atoms with Crippen molar-refractivity contribution in [3.63, 3.8) is 0 Å². The van der Waals surface area contributed by atoms with Gasteiger partial charge in [-0.3, -0.25) is 4.79 Å². The predicted molar refractivity (Wildman–Crippen MR) is 77.8 cm³/mol. The van der Waals surface area contributed by atoms with Crippen LogP contribution in [0.5, 0.6) is 0 Å². The third kappa shape index (κ3) is 3.37. The van der Waals surface area contributed by atoms with Crippen LogP contribution >= 0.6 is 0 Å². The van der Waals surface area contributed by atoms with Gasteiger partial charge in [-0.25, -0.2) is 4.39 Å². The number of nitrogens with one attached hydrogen (secondary N) is 1. The largest absolute Gasteiger partial charge is 0.355 e. The van der Waals surface area contributed by atoms with Crippen molar-refractivity contribution in [1.82, 2.24) is 5.32 Å². The fraction of sp³-hybridized carbons (Fsp3) is 0.562. The van der Waals surface area contributed by atoms with E-state index in [2.05, 4.69) is 5.32 Å². The average Bonchev–Trinajstić information content (AvgIpc) is 2.83. The van der Waals surface area contributed by atoms with Crippen LogP contribution in [0.3, 0.4) is 0 Å². The molecule has 2 unspecified atom stereocenters. The number of hydrogen-bond acceptors (Lipinski definition) is 2. The summed E-state index contributed by atoms with van der Waals surface area (Å²) >= 11 is 0. The molecule has 0 spiro atoms. The van der Waals surface area contributed by atoms with Crippen LogP contribution in [0.15, 0.2) is 24.3 Å². The van der Waals surface area contributed by atoms with Gasteiger partial charge >= 0.3 is 0 Å². The third-order valence-corrected chi connectivity index (χ3v) is 4.15. The normalized spacial score (nSPS) is 22.8. The van der Waals surface area contributed by atoms with Crippen LogP contribution in [0, 0.1) is 11.7 Å². The molecule has 1 fully saturated rings. The van der Waals surface area contributed by atoms with E-state index < -0.39 is 5.41 Å². The highest BCUT2D eigenvalue weighted by molar-refractivity contribution is 5.79. The number of carbonyl (C=O) groups excluding carboxylic acids is 1. The summed E-state index contributed by atoms with van der Waals surface area (Å²) in [6, 6.07) is 6.86. The molecule has 1 aromatic rings. The Balaban J connectivity index is 1.96. The molecular formula is C16H23FN2O. The fourth-order valence-corrected chi connectivity index (χ4v) is 2.81. The second kappa shape index (κ2) is 5.92. The molecule has 20 heavy (non-hydrogen) atoms. The van der Waals surface area contributed by atoms with Gasteiger partial charge in [0.15, 0.2) is 0 Å². The minimum Gasteiger partial charge on any atom is -0.355 e. The van der Waals surface area contributed by atoms with Crippen LogP contribution < -0.4 is 11.1 Å². The van der Waals surface area contributed by atoms with Gasteiger partial charge in [0, 0.05) is 23.9 Å². The van der Waals surface area contributed by atoms with Gasteiger partial charge in [0.05, 0.1) is 0 Å². The van der Waals surface area contributed by atoms with Crippen molar-refractivity contribution in [2.45, 2.75) is 44.6 Å². The molecule has 0 heterocycles. The van der Waals surface area contributed by atoms with Crippen molar-refractivity contribution < 1.29 is 9.18 Å². The molecule has 0 saturated heterocycles. The van der Waals surface area contributed by atoms with Crippen molar-refractivity contribution >= 4 is 5.91 Å². The van der Waals surface area contributed by atoms with E-state index in [-0.39, 0.29) is 23.7 Å². The Bertz CT molecular complexity index is 487. The quantitative estimate of drug-likeness (QED) is 0.888. The molecule has 1 aliphatic rings. The summed E-state index contributed by atoms with van der Waals surface area (Å²) in [5, 5.41) is 2.95. The molecule has 1 aliphatic carbocycles. The first-order chi connectivity index (χ1) is 9.40. The zero-order valence-electron chi connectivity index (χ0n) is 12.2. The second-order valence-corrected chi connectivity index (χ2v) is 6.35. The number of benzene rings is 1. The minimum absolute atomic E-state index is 0.0152. The van der Waals surface area contributed by atoms with Gasteiger partial charge in [0.2, 0.25) is 5.91 Å². The minimum atomic E-state index is -0.429. The highest BCUT2D eigenvalue weighted by atomic mass is 19.1. The molecule has 1 amide bonds. The standard InChI is InChI=1S/C16H23FN2O/c1-16(2,13-5-3-4-6-14(13)17)10-19-15(20)11-7-8-12(18)9-11/h3-6,11-12H,7-10,18H2,1-2H3,(H,19,20). The van der Waals surface area contributed by atoms with Gasteiger partial charge in [-0.1, -0.05) is 32.0 Å². The molecule has 0 radical (unpaired) electrons. The maximum Gasteiger partial charge on any atom is 0.223 e. The van der Waals surface area contributed by atoms with Crippen molar-refractivity contribution in [3.05, 3.63) is 35.6 Å². The maximum absolute atomic E-state index is 13.8. The summed E-state index contributed by atoms with van der Waals surface area (Å²) in [6.45, 7) is 4.30. The molecule has 4 heteroatoms. The van der Waals surface area contributed by atoms with Crippen LogP contribution in [0.2, 0.25) is 0 Å². The number of carbonyl (C=O) groups is 1. The Morgan fingerprint density at radius 3 is 2.70 bits per heavy atom. The number of amides is 1. The molecule has 3 N–H and O–H groups in total. The maximum atomic E-state index is 13.8. The van der Waals surface area contributed by atoms with E-state index in [1.807, 2.05) is 19.9 Å². The van der Waals surface area contributed by atoms with Gasteiger partial charge < -0.3 is 11.1 Å². The second-order valence-electron chi connectivity index (χ2n) is 6.35. The molecule has 0 aliphatic heterocycles. The van der Waals surface area contributed by atoms with Crippen molar-refractivity contribution in [2.75, 3.05) is 6.54 Å². The fourth-order valence-electron chi connectivity index (χ4n) is 2.81. The SMILES string of the molecule is CC(C)(CNC(=O)C1CCC(N)C1)c1ccccc1F. The van der Waals surface area contributed by atoms with E-state index in [9.17, 15) is 9.18 Å². The van der Waals surface area contributed by atoms with E-state index in [1.54, 1.807) is 12.1 Å².